The van der Waals surface area contributed by atoms with Crippen LogP contribution in [0.2, 0.25) is 0 Å². The van der Waals surface area contributed by atoms with Crippen LogP contribution in [0.5, 0.6) is 0 Å². The summed E-state index contributed by atoms with van der Waals surface area (Å²) in [6, 6.07) is 13.2. The van der Waals surface area contributed by atoms with Crippen LogP contribution in [-0.2, 0) is 11.3 Å². The number of halogens is 2. The Kier molecular flexibility index (Phi) is 5.24. The molecule has 3 aromatic rings. The van der Waals surface area contributed by atoms with E-state index < -0.39 is 5.91 Å². The number of tetrazole rings is 1. The SMILES string of the molecule is O=C(Cn1nnc(-c2ccc(F)cc2)n1)N/N=C\c1ccc(Br)cc1. The maximum Gasteiger partial charge on any atom is 0.263 e. The predicted molar refractivity (Wildman–Crippen MR) is 93.1 cm³/mol. The maximum atomic E-state index is 12.9. The summed E-state index contributed by atoms with van der Waals surface area (Å²) < 4.78 is 13.9. The zero-order chi connectivity index (χ0) is 17.6. The summed E-state index contributed by atoms with van der Waals surface area (Å²) in [5.74, 6) is -0.429. The molecule has 0 saturated heterocycles. The second-order valence-corrected chi connectivity index (χ2v) is 5.91. The molecule has 0 fully saturated rings. The fraction of sp³-hybridized carbons (Fsp3) is 0.0625. The molecule has 1 N–H and O–H groups in total. The normalized spacial score (nSPS) is 11.0. The largest absolute Gasteiger partial charge is 0.271 e. The molecule has 1 aromatic heterocycles. The smallest absolute Gasteiger partial charge is 0.263 e. The molecular formula is C16H12BrFN6O. The molecule has 2 aromatic carbocycles. The van der Waals surface area contributed by atoms with Crippen molar-refractivity contribution in [3.63, 3.8) is 0 Å². The Morgan fingerprint density at radius 1 is 1.20 bits per heavy atom. The van der Waals surface area contributed by atoms with Crippen molar-refractivity contribution in [2.24, 2.45) is 5.10 Å². The minimum atomic E-state index is -0.392. The van der Waals surface area contributed by atoms with Gasteiger partial charge in [-0.15, -0.1) is 10.2 Å². The Hall–Kier alpha value is -2.94. The van der Waals surface area contributed by atoms with Gasteiger partial charge in [0.05, 0.1) is 6.21 Å². The topological polar surface area (TPSA) is 85.1 Å². The number of nitrogens with zero attached hydrogens (tertiary/aromatic N) is 5. The highest BCUT2D eigenvalue weighted by Gasteiger charge is 2.08. The molecule has 9 heteroatoms. The highest BCUT2D eigenvalue weighted by Crippen LogP contribution is 2.13. The van der Waals surface area contributed by atoms with E-state index in [0.717, 1.165) is 14.8 Å². The van der Waals surface area contributed by atoms with E-state index in [4.69, 9.17) is 0 Å². The van der Waals surface area contributed by atoms with Gasteiger partial charge in [0, 0.05) is 10.0 Å². The summed E-state index contributed by atoms with van der Waals surface area (Å²) in [5, 5.41) is 15.6. The molecule has 7 nitrogen and oxygen atoms in total. The van der Waals surface area contributed by atoms with E-state index in [1.807, 2.05) is 24.3 Å². The lowest BCUT2D eigenvalue weighted by Crippen LogP contribution is -2.24. The molecule has 0 bridgehead atoms. The molecular weight excluding hydrogens is 391 g/mol. The van der Waals surface area contributed by atoms with Crippen molar-refractivity contribution < 1.29 is 9.18 Å². The summed E-state index contributed by atoms with van der Waals surface area (Å²) in [7, 11) is 0. The molecule has 0 spiro atoms. The summed E-state index contributed by atoms with van der Waals surface area (Å²) in [4.78, 5) is 13.0. The first kappa shape index (κ1) is 16.9. The van der Waals surface area contributed by atoms with Crippen molar-refractivity contribution in [3.05, 3.63) is 64.4 Å². The first-order chi connectivity index (χ1) is 12.1. The van der Waals surface area contributed by atoms with E-state index in [2.05, 4.69) is 41.9 Å². The van der Waals surface area contributed by atoms with Gasteiger partial charge in [-0.05, 0) is 47.2 Å². The maximum absolute atomic E-state index is 12.9. The lowest BCUT2D eigenvalue weighted by Gasteiger charge is -1.98. The minimum Gasteiger partial charge on any atom is -0.271 e. The van der Waals surface area contributed by atoms with Crippen molar-refractivity contribution in [1.82, 2.24) is 25.6 Å². The molecule has 1 amide bonds. The Morgan fingerprint density at radius 3 is 2.64 bits per heavy atom. The molecule has 25 heavy (non-hydrogen) atoms. The lowest BCUT2D eigenvalue weighted by molar-refractivity contribution is -0.122. The van der Waals surface area contributed by atoms with Crippen LogP contribution in [0.1, 0.15) is 5.56 Å². The molecule has 0 aliphatic rings. The van der Waals surface area contributed by atoms with Gasteiger partial charge in [-0.3, -0.25) is 4.79 Å². The molecule has 0 aliphatic heterocycles. The van der Waals surface area contributed by atoms with Crippen LogP contribution in [-0.4, -0.2) is 32.3 Å². The molecule has 126 valence electrons. The highest BCUT2D eigenvalue weighted by atomic mass is 79.9. The molecule has 0 unspecified atom stereocenters. The molecule has 0 aliphatic carbocycles. The monoisotopic (exact) mass is 402 g/mol. The van der Waals surface area contributed by atoms with Crippen LogP contribution in [0.4, 0.5) is 4.39 Å². The zero-order valence-corrected chi connectivity index (χ0v) is 14.4. The van der Waals surface area contributed by atoms with Crippen molar-refractivity contribution in [3.8, 4) is 11.4 Å². The first-order valence-electron chi connectivity index (χ1n) is 7.21. The van der Waals surface area contributed by atoms with Crippen LogP contribution in [0.25, 0.3) is 11.4 Å². The highest BCUT2D eigenvalue weighted by molar-refractivity contribution is 9.10. The van der Waals surface area contributed by atoms with Crippen LogP contribution in [0.3, 0.4) is 0 Å². The van der Waals surface area contributed by atoms with Gasteiger partial charge in [-0.25, -0.2) is 9.82 Å². The lowest BCUT2D eigenvalue weighted by atomic mass is 10.2. The van der Waals surface area contributed by atoms with Gasteiger partial charge in [0.2, 0.25) is 5.82 Å². The summed E-state index contributed by atoms with van der Waals surface area (Å²) in [6.07, 6.45) is 1.53. The molecule has 0 radical (unpaired) electrons. The fourth-order valence-corrected chi connectivity index (χ4v) is 2.18. The number of carbonyl (C=O) groups is 1. The van der Waals surface area contributed by atoms with Crippen LogP contribution >= 0.6 is 15.9 Å². The standard InChI is InChI=1S/C16H12BrFN6O/c17-13-5-1-11(2-6-13)9-19-20-15(25)10-24-22-16(21-23-24)12-3-7-14(18)8-4-12/h1-9H,10H2,(H,20,25)/b19-9-. The third kappa shape index (κ3) is 4.77. The predicted octanol–water partition coefficient (Wildman–Crippen LogP) is 2.39. The number of carbonyl (C=O) groups excluding carboxylic acids is 1. The van der Waals surface area contributed by atoms with Crippen molar-refractivity contribution in [2.75, 3.05) is 0 Å². The zero-order valence-electron chi connectivity index (χ0n) is 12.8. The van der Waals surface area contributed by atoms with Gasteiger partial charge in [0.15, 0.2) is 0 Å². The third-order valence-electron chi connectivity index (χ3n) is 3.11. The molecule has 3 rings (SSSR count). The molecule has 0 atom stereocenters. The van der Waals surface area contributed by atoms with E-state index in [1.54, 1.807) is 12.1 Å². The summed E-state index contributed by atoms with van der Waals surface area (Å²) >= 11 is 3.34. The number of rotatable bonds is 5. The van der Waals surface area contributed by atoms with Crippen molar-refractivity contribution >= 4 is 28.1 Å². The van der Waals surface area contributed by atoms with Gasteiger partial charge in [0.1, 0.15) is 12.4 Å². The van der Waals surface area contributed by atoms with Gasteiger partial charge in [-0.1, -0.05) is 28.1 Å². The van der Waals surface area contributed by atoms with Gasteiger partial charge < -0.3 is 0 Å². The Morgan fingerprint density at radius 2 is 1.92 bits per heavy atom. The molecule has 1 heterocycles. The number of aromatic nitrogens is 4. The number of hydrazone groups is 1. The fourth-order valence-electron chi connectivity index (χ4n) is 1.92. The van der Waals surface area contributed by atoms with Crippen LogP contribution in [0.15, 0.2) is 58.1 Å². The van der Waals surface area contributed by atoms with E-state index in [0.29, 0.717) is 11.4 Å². The second kappa shape index (κ2) is 7.75. The minimum absolute atomic E-state index is 0.133. The van der Waals surface area contributed by atoms with Crippen molar-refractivity contribution in [1.29, 1.82) is 0 Å². The van der Waals surface area contributed by atoms with Gasteiger partial charge >= 0.3 is 0 Å². The molecule has 0 saturated carbocycles. The second-order valence-electron chi connectivity index (χ2n) is 5.00. The summed E-state index contributed by atoms with van der Waals surface area (Å²) in [5.41, 5.74) is 3.85. The Balaban J connectivity index is 1.56. The van der Waals surface area contributed by atoms with Gasteiger partial charge in [-0.2, -0.15) is 9.90 Å². The number of benzene rings is 2. The average molecular weight is 403 g/mol. The number of hydrogen-bond acceptors (Lipinski definition) is 5. The number of amides is 1. The Labute approximate surface area is 150 Å². The quantitative estimate of drug-likeness (QED) is 0.524. The number of hydrogen-bond donors (Lipinski definition) is 1. The van der Waals surface area contributed by atoms with Crippen molar-refractivity contribution in [2.45, 2.75) is 6.54 Å². The van der Waals surface area contributed by atoms with Crippen LogP contribution in [0, 0.1) is 5.82 Å². The summed E-state index contributed by atoms with van der Waals surface area (Å²) in [6.45, 7) is -0.133. The van der Waals surface area contributed by atoms with E-state index in [9.17, 15) is 9.18 Å². The Bertz CT molecular complexity index is 892. The van der Waals surface area contributed by atoms with E-state index in [1.165, 1.54) is 18.3 Å². The average Bonchev–Trinajstić information content (AvgIpc) is 3.06. The van der Waals surface area contributed by atoms with Crippen LogP contribution < -0.4 is 5.43 Å². The third-order valence-corrected chi connectivity index (χ3v) is 3.64. The van der Waals surface area contributed by atoms with E-state index >= 15 is 0 Å². The first-order valence-corrected chi connectivity index (χ1v) is 8.01. The van der Waals surface area contributed by atoms with E-state index in [-0.39, 0.29) is 12.4 Å². The van der Waals surface area contributed by atoms with Gasteiger partial charge in [0.25, 0.3) is 5.91 Å². The number of nitrogens with one attached hydrogen (secondary N) is 1.